The van der Waals surface area contributed by atoms with E-state index in [0.29, 0.717) is 54.5 Å². The SMILES string of the molecule is O=C(Nc1cccnc1)NC1CCN(c2nc(N[C@H](CO)Cc3ccccc3)c3ncn([C@@H]4O[C@H](c5cc(CO)no5)[C@@H](O)[C@H]4O)c3n2)C1. The smallest absolute Gasteiger partial charge is 0.319 e. The molecule has 2 aliphatic heterocycles. The molecule has 2 amide bonds. The average molecular weight is 673 g/mol. The first-order valence-corrected chi connectivity index (χ1v) is 15.9. The Kier molecular flexibility index (Phi) is 9.32. The lowest BCUT2D eigenvalue weighted by Gasteiger charge is -2.22. The maximum atomic E-state index is 12.7. The van der Waals surface area contributed by atoms with Crippen molar-refractivity contribution in [3.8, 4) is 0 Å². The van der Waals surface area contributed by atoms with Crippen LogP contribution in [0.3, 0.4) is 0 Å². The van der Waals surface area contributed by atoms with E-state index in [1.54, 1.807) is 24.5 Å². The third-order valence-corrected chi connectivity index (χ3v) is 8.55. The van der Waals surface area contributed by atoms with Crippen LogP contribution in [-0.4, -0.2) is 100 Å². The van der Waals surface area contributed by atoms with Crippen molar-refractivity contribution in [3.63, 3.8) is 0 Å². The summed E-state index contributed by atoms with van der Waals surface area (Å²) in [6, 6.07) is 13.7. The van der Waals surface area contributed by atoms with E-state index in [9.17, 15) is 25.2 Å². The highest BCUT2D eigenvalue weighted by atomic mass is 16.6. The highest BCUT2D eigenvalue weighted by molar-refractivity contribution is 5.89. The first kappa shape index (κ1) is 32.4. The molecule has 1 unspecified atom stereocenters. The van der Waals surface area contributed by atoms with Crippen LogP contribution in [-0.2, 0) is 17.8 Å². The number of anilines is 3. The van der Waals surface area contributed by atoms with Gasteiger partial charge in [0.15, 0.2) is 29.0 Å². The number of carbonyl (C=O) groups is 1. The number of pyridine rings is 1. The van der Waals surface area contributed by atoms with Crippen molar-refractivity contribution in [1.29, 1.82) is 0 Å². The lowest BCUT2D eigenvalue weighted by Crippen LogP contribution is -2.40. The average Bonchev–Trinajstić information content (AvgIpc) is 3.93. The van der Waals surface area contributed by atoms with Gasteiger partial charge in [-0.3, -0.25) is 9.55 Å². The molecule has 7 rings (SSSR count). The van der Waals surface area contributed by atoms with Gasteiger partial charge in [0.25, 0.3) is 0 Å². The van der Waals surface area contributed by atoms with Gasteiger partial charge in [-0.1, -0.05) is 35.5 Å². The third-order valence-electron chi connectivity index (χ3n) is 8.55. The molecular weight excluding hydrogens is 636 g/mol. The Labute approximate surface area is 279 Å². The molecule has 0 aliphatic carbocycles. The normalized spacial score (nSPS) is 22.8. The van der Waals surface area contributed by atoms with Crippen molar-refractivity contribution >= 4 is 34.6 Å². The number of urea groups is 1. The number of amides is 2. The van der Waals surface area contributed by atoms with Gasteiger partial charge in [0.2, 0.25) is 5.95 Å². The van der Waals surface area contributed by atoms with Crippen molar-refractivity contribution in [2.75, 3.05) is 35.2 Å². The van der Waals surface area contributed by atoms with E-state index in [0.717, 1.165) is 5.56 Å². The summed E-state index contributed by atoms with van der Waals surface area (Å²) < 4.78 is 12.9. The standard InChI is InChI=1S/C32H36N10O7/c43-15-21(11-18-5-2-1-3-6-18)35-28-24-29(42(17-34-24)30-26(46)25(45)27(48-30)23-12-22(16-44)40-49-23)39-31(38-28)41-10-8-20(14-41)37-32(47)36-19-7-4-9-33-13-19/h1-7,9,12-13,17,20-21,25-27,30,43-46H,8,10-11,14-16H2,(H,35,38,39)(H2,36,37,47)/t20?,21-,25-,26+,27+,30+/m0/s1. The van der Waals surface area contributed by atoms with Crippen molar-refractivity contribution in [2.45, 2.75) is 56.1 Å². The van der Waals surface area contributed by atoms with Crippen molar-refractivity contribution in [1.82, 2.24) is 35.0 Å². The lowest BCUT2D eigenvalue weighted by molar-refractivity contribution is -0.0434. The Morgan fingerprint density at radius 2 is 1.94 bits per heavy atom. The van der Waals surface area contributed by atoms with Crippen LogP contribution in [0.2, 0.25) is 0 Å². The van der Waals surface area contributed by atoms with E-state index in [1.807, 2.05) is 35.2 Å². The van der Waals surface area contributed by atoms with Crippen LogP contribution in [0.15, 0.2) is 71.8 Å². The molecule has 6 heterocycles. The monoisotopic (exact) mass is 672 g/mol. The predicted molar refractivity (Wildman–Crippen MR) is 174 cm³/mol. The van der Waals surface area contributed by atoms with Crippen molar-refractivity contribution < 1.29 is 34.5 Å². The Morgan fingerprint density at radius 1 is 1.08 bits per heavy atom. The molecule has 0 bridgehead atoms. The zero-order valence-corrected chi connectivity index (χ0v) is 26.2. The number of aliphatic hydroxyl groups is 4. The number of aliphatic hydroxyl groups excluding tert-OH is 4. The van der Waals surface area contributed by atoms with Crippen LogP contribution in [0.25, 0.3) is 11.2 Å². The van der Waals surface area contributed by atoms with E-state index >= 15 is 0 Å². The summed E-state index contributed by atoms with van der Waals surface area (Å²) in [7, 11) is 0. The Morgan fingerprint density at radius 3 is 2.69 bits per heavy atom. The molecular formula is C32H36N10O7. The Balaban J connectivity index is 1.17. The molecule has 256 valence electrons. The summed E-state index contributed by atoms with van der Waals surface area (Å²) in [5.41, 5.74) is 2.51. The molecule has 5 aromatic rings. The summed E-state index contributed by atoms with van der Waals surface area (Å²) in [5, 5.41) is 54.6. The van der Waals surface area contributed by atoms with E-state index in [2.05, 4.69) is 31.1 Å². The molecule has 49 heavy (non-hydrogen) atoms. The van der Waals surface area contributed by atoms with Gasteiger partial charge in [0.05, 0.1) is 37.5 Å². The minimum absolute atomic E-state index is 0.148. The molecule has 6 atom stereocenters. The second kappa shape index (κ2) is 14.1. The van der Waals surface area contributed by atoms with Gasteiger partial charge in [0.1, 0.15) is 24.0 Å². The summed E-state index contributed by atoms with van der Waals surface area (Å²) in [4.78, 5) is 32.8. The van der Waals surface area contributed by atoms with Crippen LogP contribution in [0, 0.1) is 0 Å². The highest BCUT2D eigenvalue weighted by Gasteiger charge is 2.47. The van der Waals surface area contributed by atoms with Crippen LogP contribution in [0.1, 0.15) is 35.8 Å². The van der Waals surface area contributed by atoms with Crippen molar-refractivity contribution in [3.05, 3.63) is 84.3 Å². The molecule has 17 heteroatoms. The van der Waals surface area contributed by atoms with Crippen LogP contribution >= 0.6 is 0 Å². The minimum Gasteiger partial charge on any atom is -0.394 e. The second-order valence-electron chi connectivity index (χ2n) is 12.0. The fourth-order valence-corrected chi connectivity index (χ4v) is 6.10. The quantitative estimate of drug-likeness (QED) is 0.104. The van der Waals surface area contributed by atoms with E-state index in [1.165, 1.54) is 17.0 Å². The molecule has 0 saturated carbocycles. The largest absolute Gasteiger partial charge is 0.394 e. The fraction of sp³-hybridized carbons (Fsp3) is 0.375. The summed E-state index contributed by atoms with van der Waals surface area (Å²) in [5.74, 6) is 0.833. The fourth-order valence-electron chi connectivity index (χ4n) is 6.10. The summed E-state index contributed by atoms with van der Waals surface area (Å²) >= 11 is 0. The number of nitrogens with zero attached hydrogens (tertiary/aromatic N) is 7. The first-order valence-electron chi connectivity index (χ1n) is 15.9. The second-order valence-corrected chi connectivity index (χ2v) is 12.0. The number of hydrogen-bond acceptors (Lipinski definition) is 14. The Hall–Kier alpha value is -5.20. The van der Waals surface area contributed by atoms with Gasteiger partial charge in [0, 0.05) is 31.4 Å². The molecule has 2 saturated heterocycles. The topological polar surface area (TPSA) is 229 Å². The number of hydrogen-bond donors (Lipinski definition) is 7. The van der Waals surface area contributed by atoms with Gasteiger partial charge in [-0.15, -0.1) is 0 Å². The number of fused-ring (bicyclic) bond motifs is 1. The number of imidazole rings is 1. The zero-order chi connectivity index (χ0) is 33.9. The number of rotatable bonds is 11. The van der Waals surface area contributed by atoms with Crippen molar-refractivity contribution in [2.24, 2.45) is 0 Å². The number of carbonyl (C=O) groups excluding carboxylic acids is 1. The molecule has 2 aliphatic rings. The van der Waals surface area contributed by atoms with E-state index in [4.69, 9.17) is 19.2 Å². The first-order chi connectivity index (χ1) is 23.9. The summed E-state index contributed by atoms with van der Waals surface area (Å²) in [6.07, 6.45) is 0.785. The molecule has 0 radical (unpaired) electrons. The Bertz CT molecular complexity index is 1870. The van der Waals surface area contributed by atoms with Gasteiger partial charge in [-0.05, 0) is 30.5 Å². The van der Waals surface area contributed by atoms with Gasteiger partial charge < -0.3 is 50.5 Å². The number of benzene rings is 1. The molecule has 7 N–H and O–H groups in total. The maximum Gasteiger partial charge on any atom is 0.319 e. The molecule has 0 spiro atoms. The molecule has 1 aromatic carbocycles. The third kappa shape index (κ3) is 6.87. The number of aromatic nitrogens is 6. The minimum atomic E-state index is -1.40. The number of nitrogens with one attached hydrogen (secondary N) is 3. The predicted octanol–water partition coefficient (Wildman–Crippen LogP) is 1.11. The van der Waals surface area contributed by atoms with E-state index in [-0.39, 0.29) is 36.7 Å². The molecule has 2 fully saturated rings. The maximum absolute atomic E-state index is 12.7. The molecule has 4 aromatic heterocycles. The highest BCUT2D eigenvalue weighted by Crippen LogP contribution is 2.40. The van der Waals surface area contributed by atoms with Gasteiger partial charge >= 0.3 is 6.03 Å². The zero-order valence-electron chi connectivity index (χ0n) is 26.2. The van der Waals surface area contributed by atoms with E-state index < -0.39 is 30.6 Å². The lowest BCUT2D eigenvalue weighted by atomic mass is 10.1. The van der Waals surface area contributed by atoms with Gasteiger partial charge in [-0.25, -0.2) is 9.78 Å². The van der Waals surface area contributed by atoms with Crippen LogP contribution in [0.5, 0.6) is 0 Å². The van der Waals surface area contributed by atoms with Crippen LogP contribution in [0.4, 0.5) is 22.2 Å². The summed E-state index contributed by atoms with van der Waals surface area (Å²) in [6.45, 7) is 0.395. The molecule has 17 nitrogen and oxygen atoms in total. The van der Waals surface area contributed by atoms with Gasteiger partial charge in [-0.2, -0.15) is 9.97 Å². The number of ether oxygens (including phenoxy) is 1. The van der Waals surface area contributed by atoms with Crippen LogP contribution < -0.4 is 20.9 Å².